The SMILES string of the molecule is CN=CNc1ccc2c(c1)C(c1ccc(-c3ccccc3)s1)C1=C(CC(C)(C)CC1=O)N2. The number of aliphatic imine (C=N–C) groups is 1. The molecule has 0 amide bonds. The molecule has 2 N–H and O–H groups in total. The first-order valence-corrected chi connectivity index (χ1v) is 11.8. The Hall–Kier alpha value is -3.18. The maximum absolute atomic E-state index is 13.4. The molecule has 0 saturated heterocycles. The van der Waals surface area contributed by atoms with Crippen molar-refractivity contribution in [3.8, 4) is 10.4 Å². The van der Waals surface area contributed by atoms with Crippen molar-refractivity contribution >= 4 is 34.8 Å². The zero-order chi connectivity index (χ0) is 22.3. The van der Waals surface area contributed by atoms with Crippen LogP contribution in [-0.4, -0.2) is 19.2 Å². The van der Waals surface area contributed by atoms with Crippen LogP contribution in [0.25, 0.3) is 10.4 Å². The number of ketones is 1. The molecule has 0 saturated carbocycles. The number of nitrogens with zero attached hydrogens (tertiary/aromatic N) is 1. The largest absolute Gasteiger partial charge is 0.358 e. The van der Waals surface area contributed by atoms with Crippen molar-refractivity contribution in [2.24, 2.45) is 10.4 Å². The summed E-state index contributed by atoms with van der Waals surface area (Å²) < 4.78 is 0. The summed E-state index contributed by atoms with van der Waals surface area (Å²) in [6.45, 7) is 4.35. The van der Waals surface area contributed by atoms with Crippen LogP contribution in [0.15, 0.2) is 76.9 Å². The van der Waals surface area contributed by atoms with E-state index in [4.69, 9.17) is 0 Å². The van der Waals surface area contributed by atoms with Crippen molar-refractivity contribution in [3.05, 3.63) is 82.4 Å². The molecule has 162 valence electrons. The number of benzene rings is 2. The highest BCUT2D eigenvalue weighted by molar-refractivity contribution is 7.15. The number of nitrogens with one attached hydrogen (secondary N) is 2. The molecule has 0 fully saturated rings. The maximum atomic E-state index is 13.4. The Morgan fingerprint density at radius 2 is 1.91 bits per heavy atom. The topological polar surface area (TPSA) is 53.5 Å². The summed E-state index contributed by atoms with van der Waals surface area (Å²) in [4.78, 5) is 19.9. The molecule has 2 heterocycles. The van der Waals surface area contributed by atoms with E-state index in [1.807, 2.05) is 6.07 Å². The van der Waals surface area contributed by atoms with Crippen LogP contribution in [0, 0.1) is 5.41 Å². The Balaban J connectivity index is 1.65. The Labute approximate surface area is 193 Å². The smallest absolute Gasteiger partial charge is 0.162 e. The molecule has 1 aliphatic carbocycles. The molecule has 4 nitrogen and oxygen atoms in total. The minimum absolute atomic E-state index is 0.0330. The van der Waals surface area contributed by atoms with Crippen molar-refractivity contribution in [1.82, 2.24) is 0 Å². The number of rotatable bonds is 4. The molecule has 2 aliphatic rings. The quantitative estimate of drug-likeness (QED) is 0.350. The number of carbonyl (C=O) groups excluding carboxylic acids is 1. The molecule has 0 spiro atoms. The van der Waals surface area contributed by atoms with Crippen molar-refractivity contribution in [1.29, 1.82) is 0 Å². The second-order valence-corrected chi connectivity index (χ2v) is 10.4. The van der Waals surface area contributed by atoms with Crippen molar-refractivity contribution in [2.75, 3.05) is 17.7 Å². The minimum atomic E-state index is -0.0624. The van der Waals surface area contributed by atoms with Crippen molar-refractivity contribution < 1.29 is 4.79 Å². The molecule has 5 rings (SSSR count). The average molecular weight is 442 g/mol. The number of allylic oxidation sites excluding steroid dienone is 2. The Kier molecular flexibility index (Phi) is 5.22. The molecule has 1 aromatic heterocycles. The lowest BCUT2D eigenvalue weighted by molar-refractivity contribution is -0.118. The fourth-order valence-electron chi connectivity index (χ4n) is 4.80. The van der Waals surface area contributed by atoms with Gasteiger partial charge < -0.3 is 10.6 Å². The fraction of sp³-hybridized carbons (Fsp3) is 0.259. The zero-order valence-corrected chi connectivity index (χ0v) is 19.4. The molecule has 1 unspecified atom stereocenters. The maximum Gasteiger partial charge on any atom is 0.162 e. The van der Waals surface area contributed by atoms with E-state index in [0.717, 1.165) is 34.6 Å². The van der Waals surface area contributed by atoms with Crippen LogP contribution in [0.4, 0.5) is 11.4 Å². The van der Waals surface area contributed by atoms with Gasteiger partial charge in [-0.25, -0.2) is 0 Å². The summed E-state index contributed by atoms with van der Waals surface area (Å²) in [5.74, 6) is 0.190. The lowest BCUT2D eigenvalue weighted by Gasteiger charge is -2.39. The van der Waals surface area contributed by atoms with E-state index in [2.05, 4.69) is 84.1 Å². The predicted molar refractivity (Wildman–Crippen MR) is 135 cm³/mol. The van der Waals surface area contributed by atoms with E-state index in [9.17, 15) is 4.79 Å². The van der Waals surface area contributed by atoms with Gasteiger partial charge in [0.15, 0.2) is 5.78 Å². The second-order valence-electron chi connectivity index (χ2n) is 9.29. The van der Waals surface area contributed by atoms with Crippen LogP contribution in [0.3, 0.4) is 0 Å². The van der Waals surface area contributed by atoms with Gasteiger partial charge in [-0.15, -0.1) is 11.3 Å². The van der Waals surface area contributed by atoms with Gasteiger partial charge >= 0.3 is 0 Å². The van der Waals surface area contributed by atoms with Gasteiger partial charge in [-0.3, -0.25) is 9.79 Å². The molecule has 32 heavy (non-hydrogen) atoms. The molecular formula is C27H27N3OS. The summed E-state index contributed by atoms with van der Waals surface area (Å²) in [6.07, 6.45) is 3.14. The van der Waals surface area contributed by atoms with Gasteiger partial charge in [0.05, 0.1) is 12.3 Å². The van der Waals surface area contributed by atoms with E-state index in [-0.39, 0.29) is 17.1 Å². The number of thiophene rings is 1. The molecule has 5 heteroatoms. The number of Topliss-reactive ketones (excluding diaryl/α,β-unsaturated/α-hetero) is 1. The number of fused-ring (bicyclic) bond motifs is 1. The van der Waals surface area contributed by atoms with Gasteiger partial charge in [0.25, 0.3) is 0 Å². The molecule has 3 aromatic rings. The summed E-state index contributed by atoms with van der Waals surface area (Å²) in [5, 5.41) is 6.84. The third-order valence-electron chi connectivity index (χ3n) is 6.19. The third kappa shape index (κ3) is 3.78. The van der Waals surface area contributed by atoms with Crippen LogP contribution in [-0.2, 0) is 4.79 Å². The molecule has 0 radical (unpaired) electrons. The van der Waals surface area contributed by atoms with E-state index in [1.165, 1.54) is 15.3 Å². The van der Waals surface area contributed by atoms with Gasteiger partial charge in [0.1, 0.15) is 0 Å². The number of hydrogen-bond donors (Lipinski definition) is 2. The third-order valence-corrected chi connectivity index (χ3v) is 7.39. The molecular weight excluding hydrogens is 414 g/mol. The van der Waals surface area contributed by atoms with Crippen LogP contribution in [0.2, 0.25) is 0 Å². The van der Waals surface area contributed by atoms with Gasteiger partial charge in [-0.1, -0.05) is 44.2 Å². The van der Waals surface area contributed by atoms with Crippen molar-refractivity contribution in [3.63, 3.8) is 0 Å². The summed E-state index contributed by atoms with van der Waals surface area (Å²) in [5.41, 5.74) is 6.36. The highest BCUT2D eigenvalue weighted by Crippen LogP contribution is 2.51. The van der Waals surface area contributed by atoms with Crippen LogP contribution in [0.5, 0.6) is 0 Å². The van der Waals surface area contributed by atoms with Crippen LogP contribution < -0.4 is 10.6 Å². The average Bonchev–Trinajstić information content (AvgIpc) is 3.26. The van der Waals surface area contributed by atoms with E-state index >= 15 is 0 Å². The monoisotopic (exact) mass is 441 g/mol. The van der Waals surface area contributed by atoms with Crippen LogP contribution in [0.1, 0.15) is 43.0 Å². The highest BCUT2D eigenvalue weighted by atomic mass is 32.1. The van der Waals surface area contributed by atoms with Crippen molar-refractivity contribution in [2.45, 2.75) is 32.6 Å². The van der Waals surface area contributed by atoms with Gasteiger partial charge in [-0.2, -0.15) is 0 Å². The zero-order valence-electron chi connectivity index (χ0n) is 18.6. The number of anilines is 2. The van der Waals surface area contributed by atoms with Gasteiger partial charge in [0.2, 0.25) is 0 Å². The highest BCUT2D eigenvalue weighted by Gasteiger charge is 2.41. The second kappa shape index (κ2) is 8.06. The van der Waals surface area contributed by atoms with Crippen LogP contribution >= 0.6 is 11.3 Å². The normalized spacial score (nSPS) is 19.5. The number of carbonyl (C=O) groups is 1. The Morgan fingerprint density at radius 1 is 1.09 bits per heavy atom. The lowest BCUT2D eigenvalue weighted by Crippen LogP contribution is -2.33. The molecule has 1 aliphatic heterocycles. The summed E-state index contributed by atoms with van der Waals surface area (Å²) >= 11 is 1.78. The Morgan fingerprint density at radius 3 is 2.69 bits per heavy atom. The molecule has 2 aromatic carbocycles. The predicted octanol–water partition coefficient (Wildman–Crippen LogP) is 6.69. The first-order valence-electron chi connectivity index (χ1n) is 10.9. The summed E-state index contributed by atoms with van der Waals surface area (Å²) in [7, 11) is 1.74. The van der Waals surface area contributed by atoms with Gasteiger partial charge in [-0.05, 0) is 53.3 Å². The molecule has 0 bridgehead atoms. The first kappa shape index (κ1) is 20.7. The summed E-state index contributed by atoms with van der Waals surface area (Å²) in [6, 6.07) is 21.1. The fourth-order valence-corrected chi connectivity index (χ4v) is 5.95. The Bertz CT molecular complexity index is 1240. The van der Waals surface area contributed by atoms with E-state index in [0.29, 0.717) is 6.42 Å². The van der Waals surface area contributed by atoms with E-state index < -0.39 is 0 Å². The number of hydrogen-bond acceptors (Lipinski definition) is 4. The first-order chi connectivity index (χ1) is 15.4. The van der Waals surface area contributed by atoms with E-state index in [1.54, 1.807) is 24.7 Å². The van der Waals surface area contributed by atoms with Gasteiger partial charge in [0, 0.05) is 45.9 Å². The lowest BCUT2D eigenvalue weighted by atomic mass is 9.70. The standard InChI is InChI=1S/C27H27N3OS/c1-27(2)14-21-26(22(31)15-27)25(19-13-18(29-16-28-3)9-10-20(19)30-21)24-12-11-23(32-24)17-7-5-4-6-8-17/h4-13,16,25,30H,14-15H2,1-3H3,(H,28,29). The minimum Gasteiger partial charge on any atom is -0.358 e. The molecule has 1 atom stereocenters.